The molecule has 0 bridgehead atoms. The molecule has 1 rings (SSSR count). The Hall–Kier alpha value is -1.29. The zero-order valence-electron chi connectivity index (χ0n) is 9.29. The minimum atomic E-state index is -1.08. The average molecular weight is 246 g/mol. The highest BCUT2D eigenvalue weighted by Gasteiger charge is 2.32. The summed E-state index contributed by atoms with van der Waals surface area (Å²) in [6.45, 7) is 3.12. The molecule has 1 aromatic rings. The van der Waals surface area contributed by atoms with Crippen molar-refractivity contribution in [3.63, 3.8) is 0 Å². The monoisotopic (exact) mass is 245 g/mol. The van der Waals surface area contributed by atoms with E-state index < -0.39 is 17.3 Å². The van der Waals surface area contributed by atoms with Gasteiger partial charge in [0.25, 0.3) is 0 Å². The number of aliphatic carboxylic acids is 1. The van der Waals surface area contributed by atoms with E-state index in [0.29, 0.717) is 5.69 Å². The lowest BCUT2D eigenvalue weighted by atomic mass is 10.0. The van der Waals surface area contributed by atoms with Crippen LogP contribution in [0.15, 0.2) is 18.2 Å². The van der Waals surface area contributed by atoms with Crippen LogP contribution in [0.5, 0.6) is 0 Å². The van der Waals surface area contributed by atoms with Crippen molar-refractivity contribution < 1.29 is 14.3 Å². The van der Waals surface area contributed by atoms with Crippen molar-refractivity contribution in [2.45, 2.75) is 19.4 Å². The number of likely N-dealkylation sites (N-methyl/N-ethyl adjacent to an activating group) is 1. The summed E-state index contributed by atoms with van der Waals surface area (Å²) in [5.41, 5.74) is -0.528. The molecule has 0 heterocycles. The van der Waals surface area contributed by atoms with Crippen LogP contribution in [0.1, 0.15) is 13.8 Å². The molecule has 0 aliphatic rings. The van der Waals surface area contributed by atoms with E-state index in [-0.39, 0.29) is 5.02 Å². The maximum absolute atomic E-state index is 13.0. The molecule has 0 atom stereocenters. The molecule has 3 nitrogen and oxygen atoms in total. The Balaban J connectivity index is 3.10. The van der Waals surface area contributed by atoms with Crippen molar-refractivity contribution in [3.8, 4) is 0 Å². The van der Waals surface area contributed by atoms with Crippen molar-refractivity contribution in [2.75, 3.05) is 11.9 Å². The second-order valence-corrected chi connectivity index (χ2v) is 4.43. The van der Waals surface area contributed by atoms with Crippen LogP contribution < -0.4 is 4.90 Å². The number of nitrogens with zero attached hydrogens (tertiary/aromatic N) is 1. The van der Waals surface area contributed by atoms with Crippen molar-refractivity contribution >= 4 is 23.3 Å². The van der Waals surface area contributed by atoms with Crippen LogP contribution in [0.2, 0.25) is 5.02 Å². The summed E-state index contributed by atoms with van der Waals surface area (Å²) in [7, 11) is 1.62. The standard InChI is InChI=1S/C11H13ClFNO2/c1-11(2,10(15)16)14(3)7-4-5-9(13)8(12)6-7/h4-6H,1-3H3,(H,15,16). The first-order valence-electron chi connectivity index (χ1n) is 4.69. The van der Waals surface area contributed by atoms with Gasteiger partial charge in [0.2, 0.25) is 0 Å². The van der Waals surface area contributed by atoms with Gasteiger partial charge in [-0.3, -0.25) is 0 Å². The first-order valence-corrected chi connectivity index (χ1v) is 5.07. The third-order valence-corrected chi connectivity index (χ3v) is 2.94. The maximum atomic E-state index is 13.0. The fraction of sp³-hybridized carbons (Fsp3) is 0.364. The van der Waals surface area contributed by atoms with E-state index in [4.69, 9.17) is 16.7 Å². The van der Waals surface area contributed by atoms with Crippen molar-refractivity contribution in [2.24, 2.45) is 0 Å². The molecule has 0 unspecified atom stereocenters. The Bertz CT molecular complexity index is 420. The van der Waals surface area contributed by atoms with E-state index >= 15 is 0 Å². The molecule has 16 heavy (non-hydrogen) atoms. The second kappa shape index (κ2) is 4.29. The molecule has 0 spiro atoms. The lowest BCUT2D eigenvalue weighted by Gasteiger charge is -2.33. The number of benzene rings is 1. The summed E-state index contributed by atoms with van der Waals surface area (Å²) in [5, 5.41) is 9.03. The number of carboxylic acids is 1. The van der Waals surface area contributed by atoms with Gasteiger partial charge in [0.15, 0.2) is 0 Å². The van der Waals surface area contributed by atoms with E-state index in [1.165, 1.54) is 23.1 Å². The Morgan fingerprint density at radius 2 is 2.06 bits per heavy atom. The molecular formula is C11H13ClFNO2. The van der Waals surface area contributed by atoms with E-state index in [1.807, 2.05) is 0 Å². The van der Waals surface area contributed by atoms with Gasteiger partial charge in [0, 0.05) is 12.7 Å². The summed E-state index contributed by atoms with van der Waals surface area (Å²) in [6.07, 6.45) is 0. The minimum Gasteiger partial charge on any atom is -0.480 e. The normalized spacial score (nSPS) is 11.3. The van der Waals surface area contributed by atoms with Crippen LogP contribution in [0.4, 0.5) is 10.1 Å². The first-order chi connectivity index (χ1) is 7.26. The van der Waals surface area contributed by atoms with Crippen LogP contribution in [-0.2, 0) is 4.79 Å². The number of halogens is 2. The lowest BCUT2D eigenvalue weighted by molar-refractivity contribution is -0.142. The third kappa shape index (κ3) is 2.27. The predicted molar refractivity (Wildman–Crippen MR) is 61.5 cm³/mol. The average Bonchev–Trinajstić information content (AvgIpc) is 2.20. The van der Waals surface area contributed by atoms with Gasteiger partial charge in [-0.25, -0.2) is 9.18 Å². The summed E-state index contributed by atoms with van der Waals surface area (Å²) >= 11 is 5.64. The molecule has 0 radical (unpaired) electrons. The molecule has 0 saturated heterocycles. The number of anilines is 1. The highest BCUT2D eigenvalue weighted by molar-refractivity contribution is 6.31. The van der Waals surface area contributed by atoms with Crippen LogP contribution in [0.3, 0.4) is 0 Å². The fourth-order valence-corrected chi connectivity index (χ4v) is 1.33. The van der Waals surface area contributed by atoms with Crippen LogP contribution in [0, 0.1) is 5.82 Å². The molecule has 88 valence electrons. The van der Waals surface area contributed by atoms with Gasteiger partial charge in [-0.1, -0.05) is 11.6 Å². The Morgan fingerprint density at radius 3 is 2.50 bits per heavy atom. The van der Waals surface area contributed by atoms with Gasteiger partial charge >= 0.3 is 5.97 Å². The fourth-order valence-electron chi connectivity index (χ4n) is 1.16. The van der Waals surface area contributed by atoms with Crippen molar-refractivity contribution in [3.05, 3.63) is 29.0 Å². The smallest absolute Gasteiger partial charge is 0.328 e. The van der Waals surface area contributed by atoms with E-state index in [2.05, 4.69) is 0 Å². The lowest BCUT2D eigenvalue weighted by Crippen LogP contribution is -2.48. The molecular weight excluding hydrogens is 233 g/mol. The first kappa shape index (κ1) is 12.8. The predicted octanol–water partition coefficient (Wildman–Crippen LogP) is 2.78. The molecule has 1 N–H and O–H groups in total. The van der Waals surface area contributed by atoms with Crippen molar-refractivity contribution in [1.29, 1.82) is 0 Å². The van der Waals surface area contributed by atoms with Crippen LogP contribution in [-0.4, -0.2) is 23.7 Å². The van der Waals surface area contributed by atoms with Gasteiger partial charge < -0.3 is 10.0 Å². The van der Waals surface area contributed by atoms with Crippen molar-refractivity contribution in [1.82, 2.24) is 0 Å². The number of hydrogen-bond acceptors (Lipinski definition) is 2. The highest BCUT2D eigenvalue weighted by atomic mass is 35.5. The number of carboxylic acid groups (broad SMARTS) is 1. The third-order valence-electron chi connectivity index (χ3n) is 2.65. The molecule has 0 fully saturated rings. The molecule has 0 aromatic heterocycles. The second-order valence-electron chi connectivity index (χ2n) is 4.02. The quantitative estimate of drug-likeness (QED) is 0.890. The van der Waals surface area contributed by atoms with E-state index in [9.17, 15) is 9.18 Å². The zero-order chi connectivity index (χ0) is 12.5. The van der Waals surface area contributed by atoms with Gasteiger partial charge in [-0.05, 0) is 32.0 Å². The molecule has 0 aliphatic carbocycles. The van der Waals surface area contributed by atoms with Gasteiger partial charge in [-0.15, -0.1) is 0 Å². The molecule has 0 saturated carbocycles. The molecule has 5 heteroatoms. The van der Waals surface area contributed by atoms with Gasteiger partial charge in [0.05, 0.1) is 5.02 Å². The molecule has 1 aromatic carbocycles. The van der Waals surface area contributed by atoms with E-state index in [1.54, 1.807) is 20.9 Å². The Kier molecular flexibility index (Phi) is 3.43. The summed E-state index contributed by atoms with van der Waals surface area (Å²) in [5.74, 6) is -1.48. The Morgan fingerprint density at radius 1 is 1.50 bits per heavy atom. The summed E-state index contributed by atoms with van der Waals surface area (Å²) in [6, 6.07) is 4.11. The maximum Gasteiger partial charge on any atom is 0.328 e. The number of carbonyl (C=O) groups is 1. The van der Waals surface area contributed by atoms with Crippen LogP contribution in [0.25, 0.3) is 0 Å². The summed E-state index contributed by atoms with van der Waals surface area (Å²) < 4.78 is 13.0. The van der Waals surface area contributed by atoms with Gasteiger partial charge in [-0.2, -0.15) is 0 Å². The number of hydrogen-bond donors (Lipinski definition) is 1. The zero-order valence-corrected chi connectivity index (χ0v) is 10.0. The largest absolute Gasteiger partial charge is 0.480 e. The highest BCUT2D eigenvalue weighted by Crippen LogP contribution is 2.26. The van der Waals surface area contributed by atoms with Gasteiger partial charge in [0.1, 0.15) is 11.4 Å². The van der Waals surface area contributed by atoms with Crippen LogP contribution >= 0.6 is 11.6 Å². The SMILES string of the molecule is CN(c1ccc(F)c(Cl)c1)C(C)(C)C(=O)O. The Labute approximate surface area is 98.4 Å². The van der Waals surface area contributed by atoms with E-state index in [0.717, 1.165) is 0 Å². The molecule has 0 aliphatic heterocycles. The minimum absolute atomic E-state index is 0.0226. The molecule has 0 amide bonds. The summed E-state index contributed by atoms with van der Waals surface area (Å²) in [4.78, 5) is 12.6. The number of rotatable bonds is 3. The topological polar surface area (TPSA) is 40.5 Å².